The molecular formula is C29H28ClF6N7O6S. The van der Waals surface area contributed by atoms with E-state index in [-0.39, 0.29) is 18.3 Å². The van der Waals surface area contributed by atoms with Crippen molar-refractivity contribution in [2.75, 3.05) is 49.2 Å². The summed E-state index contributed by atoms with van der Waals surface area (Å²) in [6.45, 7) is 2.76. The Morgan fingerprint density at radius 1 is 0.900 bits per heavy atom. The van der Waals surface area contributed by atoms with Crippen molar-refractivity contribution < 1.29 is 53.9 Å². The van der Waals surface area contributed by atoms with Gasteiger partial charge < -0.3 is 20.3 Å². The van der Waals surface area contributed by atoms with Gasteiger partial charge in [-0.25, -0.2) is 13.4 Å². The van der Waals surface area contributed by atoms with Crippen LogP contribution in [0.1, 0.15) is 18.1 Å². The highest BCUT2D eigenvalue weighted by molar-refractivity contribution is 7.89. The van der Waals surface area contributed by atoms with Crippen LogP contribution in [0.15, 0.2) is 42.9 Å². The largest absolute Gasteiger partial charge is 0.483 e. The lowest BCUT2D eigenvalue weighted by molar-refractivity contribution is -0.193. The van der Waals surface area contributed by atoms with E-state index in [1.165, 1.54) is 10.5 Å². The fourth-order valence-corrected chi connectivity index (χ4v) is 5.86. The van der Waals surface area contributed by atoms with Crippen LogP contribution in [0.3, 0.4) is 0 Å². The number of halogens is 7. The molecule has 2 aromatic heterocycles. The Hall–Kier alpha value is -4.56. The molecule has 0 unspecified atom stereocenters. The van der Waals surface area contributed by atoms with Gasteiger partial charge in [-0.15, -0.1) is 0 Å². The maximum Gasteiger partial charge on any atom is 0.458 e. The number of Topliss-reactive ketones (excluding diaryl/α,β-unsaturated/α-hetero) is 2. The molecule has 6 bridgehead atoms. The van der Waals surface area contributed by atoms with Crippen molar-refractivity contribution in [3.63, 3.8) is 0 Å². The van der Waals surface area contributed by atoms with E-state index in [2.05, 4.69) is 25.6 Å². The number of sulfonamides is 1. The summed E-state index contributed by atoms with van der Waals surface area (Å²) in [6.07, 6.45) is -5.16. The second-order valence-corrected chi connectivity index (χ2v) is 13.3. The highest BCUT2D eigenvalue weighted by atomic mass is 35.5. The molecule has 1 fully saturated rings. The number of nitrogens with one attached hydrogen (secondary N) is 2. The molecule has 0 radical (unpaired) electrons. The van der Waals surface area contributed by atoms with Crippen LogP contribution in [-0.4, -0.2) is 101 Å². The predicted octanol–water partition coefficient (Wildman–Crippen LogP) is 4.23. The molecule has 13 nitrogen and oxygen atoms in total. The number of ketones is 2. The lowest BCUT2D eigenvalue weighted by Gasteiger charge is -2.33. The molecule has 0 atom stereocenters. The predicted molar refractivity (Wildman–Crippen MR) is 167 cm³/mol. The fraction of sp³-hybridized carbons (Fsp3) is 0.379. The molecule has 2 aliphatic rings. The Bertz CT molecular complexity index is 1830. The van der Waals surface area contributed by atoms with Crippen molar-refractivity contribution in [1.29, 1.82) is 0 Å². The summed E-state index contributed by atoms with van der Waals surface area (Å²) < 4.78 is 98.6. The third-order valence-electron chi connectivity index (χ3n) is 7.22. The Kier molecular flexibility index (Phi) is 11.9. The van der Waals surface area contributed by atoms with Crippen LogP contribution >= 0.6 is 11.6 Å². The van der Waals surface area contributed by atoms with E-state index in [0.29, 0.717) is 61.6 Å². The summed E-state index contributed by atoms with van der Waals surface area (Å²) >= 11 is 6.33. The first-order valence-electron chi connectivity index (χ1n) is 14.6. The summed E-state index contributed by atoms with van der Waals surface area (Å²) in [5.41, 5.74) is 3.45. The quantitative estimate of drug-likeness (QED) is 0.274. The Labute approximate surface area is 286 Å². The van der Waals surface area contributed by atoms with Gasteiger partial charge >= 0.3 is 23.9 Å². The van der Waals surface area contributed by atoms with Crippen LogP contribution in [0.4, 0.5) is 49.5 Å². The Balaban J connectivity index is 0.000000402. The molecule has 0 saturated carbocycles. The number of alkyl halides is 6. The fourth-order valence-electron chi connectivity index (χ4n) is 4.63. The van der Waals surface area contributed by atoms with E-state index in [9.17, 15) is 49.1 Å². The van der Waals surface area contributed by atoms with E-state index in [1.54, 1.807) is 18.0 Å². The van der Waals surface area contributed by atoms with E-state index < -0.39 is 33.9 Å². The van der Waals surface area contributed by atoms with Gasteiger partial charge in [-0.2, -0.15) is 35.6 Å². The van der Waals surface area contributed by atoms with Crippen LogP contribution in [0.5, 0.6) is 5.75 Å². The highest BCUT2D eigenvalue weighted by Crippen LogP contribution is 2.30. The standard InChI is InChI=1S/C25H28ClN7O4S.C4F6O2/c1-2-38(35,36)33-9-7-32(8-10-33)23(34)16-37-22-6-5-19-12-18(22)4-3-17-11-20(14-27-13-17)30-25-28-15-21(26)24(29-19)31-25;5-3(6,7)1(11)2(12)4(8,9)10/h5-6,11-15H,2-4,7-10,16H2,1H3,(H2,28,29,30,31);. The monoisotopic (exact) mass is 751 g/mol. The molecule has 270 valence electrons. The highest BCUT2D eigenvalue weighted by Gasteiger charge is 2.54. The number of piperazine rings is 1. The second-order valence-electron chi connectivity index (χ2n) is 10.7. The second kappa shape index (κ2) is 15.5. The van der Waals surface area contributed by atoms with Crippen LogP contribution in [0.25, 0.3) is 0 Å². The summed E-state index contributed by atoms with van der Waals surface area (Å²) in [7, 11) is -3.26. The number of ether oxygens (including phenoxy) is 1. The molecule has 21 heteroatoms. The van der Waals surface area contributed by atoms with Crippen LogP contribution in [0.2, 0.25) is 5.02 Å². The van der Waals surface area contributed by atoms with Crippen molar-refractivity contribution >= 4 is 62.2 Å². The molecule has 50 heavy (non-hydrogen) atoms. The number of hydrogen-bond donors (Lipinski definition) is 2. The van der Waals surface area contributed by atoms with Gasteiger partial charge in [0, 0.05) is 38.1 Å². The number of amides is 1. The molecule has 2 N–H and O–H groups in total. The number of nitrogens with zero attached hydrogens (tertiary/aromatic N) is 5. The van der Waals surface area contributed by atoms with Gasteiger partial charge in [-0.3, -0.25) is 19.4 Å². The van der Waals surface area contributed by atoms with Crippen molar-refractivity contribution in [3.05, 3.63) is 59.0 Å². The number of aryl methyl sites for hydroxylation is 2. The molecule has 4 heterocycles. The van der Waals surface area contributed by atoms with Crippen molar-refractivity contribution in [1.82, 2.24) is 24.2 Å². The van der Waals surface area contributed by atoms with E-state index in [4.69, 9.17) is 16.3 Å². The number of hydrogen-bond acceptors (Lipinski definition) is 11. The summed E-state index contributed by atoms with van der Waals surface area (Å²) in [5, 5.41) is 6.77. The average Bonchev–Trinajstić information content (AvgIpc) is 3.07. The number of carbonyl (C=O) groups is 3. The van der Waals surface area contributed by atoms with Gasteiger partial charge in [0.15, 0.2) is 12.4 Å². The van der Waals surface area contributed by atoms with E-state index in [0.717, 1.165) is 22.5 Å². The molecule has 1 amide bonds. The van der Waals surface area contributed by atoms with Gasteiger partial charge in [0.05, 0.1) is 23.8 Å². The van der Waals surface area contributed by atoms with Gasteiger partial charge in [-0.05, 0) is 55.2 Å². The zero-order valence-electron chi connectivity index (χ0n) is 25.9. The minimum atomic E-state index is -5.77. The molecule has 3 aromatic rings. The summed E-state index contributed by atoms with van der Waals surface area (Å²) in [4.78, 5) is 46.8. The Morgan fingerprint density at radius 3 is 2.18 bits per heavy atom. The number of aromatic nitrogens is 3. The lowest BCUT2D eigenvalue weighted by atomic mass is 10.0. The molecule has 2 aliphatic heterocycles. The lowest BCUT2D eigenvalue weighted by Crippen LogP contribution is -2.51. The molecule has 1 aromatic carbocycles. The van der Waals surface area contributed by atoms with Crippen molar-refractivity contribution in [2.24, 2.45) is 0 Å². The summed E-state index contributed by atoms with van der Waals surface area (Å²) in [6, 6.07) is 7.60. The number of anilines is 4. The first kappa shape index (κ1) is 38.2. The van der Waals surface area contributed by atoms with Crippen LogP contribution in [0, 0.1) is 0 Å². The van der Waals surface area contributed by atoms with Gasteiger partial charge in [0.2, 0.25) is 16.0 Å². The first-order valence-corrected chi connectivity index (χ1v) is 16.6. The minimum Gasteiger partial charge on any atom is -0.483 e. The molecule has 5 rings (SSSR count). The molecule has 0 aliphatic carbocycles. The molecular weight excluding hydrogens is 724 g/mol. The zero-order valence-corrected chi connectivity index (χ0v) is 27.5. The first-order chi connectivity index (χ1) is 23.4. The van der Waals surface area contributed by atoms with Crippen LogP contribution in [-0.2, 0) is 37.2 Å². The van der Waals surface area contributed by atoms with E-state index >= 15 is 0 Å². The number of fused-ring (bicyclic) bond motifs is 6. The number of carbonyl (C=O) groups excluding carboxylic acids is 3. The van der Waals surface area contributed by atoms with Gasteiger partial charge in [-0.1, -0.05) is 11.6 Å². The molecule has 1 saturated heterocycles. The number of pyridine rings is 1. The number of benzene rings is 1. The Morgan fingerprint density at radius 2 is 1.56 bits per heavy atom. The molecule has 0 spiro atoms. The third kappa shape index (κ3) is 10.0. The number of rotatable bonds is 6. The van der Waals surface area contributed by atoms with E-state index in [1.807, 2.05) is 30.5 Å². The third-order valence-corrected chi connectivity index (χ3v) is 9.38. The zero-order chi connectivity index (χ0) is 36.9. The maximum atomic E-state index is 12.9. The average molecular weight is 752 g/mol. The normalized spacial score (nSPS) is 15.1. The van der Waals surface area contributed by atoms with Crippen molar-refractivity contribution in [2.45, 2.75) is 32.1 Å². The van der Waals surface area contributed by atoms with Crippen molar-refractivity contribution in [3.8, 4) is 5.75 Å². The van der Waals surface area contributed by atoms with Gasteiger partial charge in [0.25, 0.3) is 5.91 Å². The topological polar surface area (TPSA) is 164 Å². The maximum absolute atomic E-state index is 12.9. The summed E-state index contributed by atoms with van der Waals surface area (Å²) in [5.74, 6) is -5.50. The smallest absolute Gasteiger partial charge is 0.458 e. The van der Waals surface area contributed by atoms with Gasteiger partial charge in [0.1, 0.15) is 10.8 Å². The SMILES string of the molecule is CCS(=O)(=O)N1CCN(C(=O)COc2ccc3cc2CCc2cncc(c2)Nc2ncc(Cl)c(n2)N3)CC1.O=C(C(=O)C(F)(F)F)C(F)(F)F. The minimum absolute atomic E-state index is 0.0547. The van der Waals surface area contributed by atoms with Crippen LogP contribution < -0.4 is 15.4 Å².